The molecule has 4 nitrogen and oxygen atoms in total. The third kappa shape index (κ3) is 5.56. The van der Waals surface area contributed by atoms with E-state index < -0.39 is 0 Å². The molecule has 0 radical (unpaired) electrons. The molecule has 0 bridgehead atoms. The minimum Gasteiger partial charge on any atom is -0.489 e. The largest absolute Gasteiger partial charge is 0.489 e. The van der Waals surface area contributed by atoms with E-state index in [4.69, 9.17) is 19.9 Å². The van der Waals surface area contributed by atoms with Gasteiger partial charge in [-0.2, -0.15) is 0 Å². The highest BCUT2D eigenvalue weighted by atomic mass is 16.5. The predicted octanol–water partition coefficient (Wildman–Crippen LogP) is 2.09. The maximum absolute atomic E-state index is 5.74. The van der Waals surface area contributed by atoms with Crippen LogP contribution in [0, 0.1) is 0 Å². The van der Waals surface area contributed by atoms with Gasteiger partial charge >= 0.3 is 0 Å². The van der Waals surface area contributed by atoms with Crippen LogP contribution < -0.4 is 10.5 Å². The molecule has 0 fully saturated rings. The fourth-order valence-electron chi connectivity index (χ4n) is 1.34. The van der Waals surface area contributed by atoms with Gasteiger partial charge in [0.2, 0.25) is 0 Å². The van der Waals surface area contributed by atoms with Gasteiger partial charge in [0, 0.05) is 6.61 Å². The highest BCUT2D eigenvalue weighted by Crippen LogP contribution is 2.19. The van der Waals surface area contributed by atoms with Crippen molar-refractivity contribution in [3.63, 3.8) is 0 Å². The number of anilines is 1. The first-order valence-corrected chi connectivity index (χ1v) is 5.90. The van der Waals surface area contributed by atoms with Crippen molar-refractivity contribution in [1.29, 1.82) is 0 Å². The zero-order chi connectivity index (χ0) is 12.5. The fourth-order valence-corrected chi connectivity index (χ4v) is 1.34. The second-order valence-electron chi connectivity index (χ2n) is 3.73. The molecule has 1 aromatic carbocycles. The van der Waals surface area contributed by atoms with Gasteiger partial charge in [0.05, 0.1) is 25.0 Å². The van der Waals surface area contributed by atoms with E-state index in [1.54, 1.807) is 0 Å². The van der Waals surface area contributed by atoms with Gasteiger partial charge in [0.25, 0.3) is 0 Å². The van der Waals surface area contributed by atoms with Crippen LogP contribution in [0.15, 0.2) is 24.3 Å². The lowest BCUT2D eigenvalue weighted by Gasteiger charge is -2.13. The van der Waals surface area contributed by atoms with E-state index in [1.807, 2.05) is 38.1 Å². The van der Waals surface area contributed by atoms with Crippen molar-refractivity contribution in [2.45, 2.75) is 20.0 Å². The van der Waals surface area contributed by atoms with Gasteiger partial charge < -0.3 is 19.9 Å². The van der Waals surface area contributed by atoms with Crippen molar-refractivity contribution >= 4 is 5.69 Å². The number of para-hydroxylation sites is 2. The molecule has 1 atom stereocenters. The molecular formula is C13H21NO3. The van der Waals surface area contributed by atoms with Crippen LogP contribution in [0.5, 0.6) is 5.75 Å². The summed E-state index contributed by atoms with van der Waals surface area (Å²) in [6.45, 7) is 6.29. The van der Waals surface area contributed by atoms with Crippen LogP contribution in [-0.2, 0) is 9.47 Å². The molecule has 0 amide bonds. The Morgan fingerprint density at radius 2 is 2.00 bits per heavy atom. The Balaban J connectivity index is 2.14. The zero-order valence-electron chi connectivity index (χ0n) is 10.5. The second-order valence-corrected chi connectivity index (χ2v) is 3.73. The number of rotatable bonds is 8. The van der Waals surface area contributed by atoms with Crippen molar-refractivity contribution in [1.82, 2.24) is 0 Å². The average Bonchev–Trinajstić information content (AvgIpc) is 2.34. The lowest BCUT2D eigenvalue weighted by molar-refractivity contribution is -0.0127. The van der Waals surface area contributed by atoms with Gasteiger partial charge in [0.1, 0.15) is 12.4 Å². The first-order chi connectivity index (χ1) is 8.24. The van der Waals surface area contributed by atoms with Crippen molar-refractivity contribution in [2.24, 2.45) is 0 Å². The van der Waals surface area contributed by atoms with E-state index in [1.165, 1.54) is 0 Å². The highest BCUT2D eigenvalue weighted by Gasteiger charge is 2.02. The van der Waals surface area contributed by atoms with E-state index in [9.17, 15) is 0 Å². The molecule has 0 aliphatic carbocycles. The minimum atomic E-state index is 0.0895. The number of nitrogens with two attached hydrogens (primary N) is 1. The molecule has 0 heterocycles. The summed E-state index contributed by atoms with van der Waals surface area (Å²) in [5, 5.41) is 0. The van der Waals surface area contributed by atoms with Gasteiger partial charge in [-0.15, -0.1) is 0 Å². The lowest BCUT2D eigenvalue weighted by atomic mass is 10.3. The summed E-state index contributed by atoms with van der Waals surface area (Å²) in [5.74, 6) is 0.702. The SMILES string of the molecule is CCOCC(C)OCCOc1ccccc1N. The summed E-state index contributed by atoms with van der Waals surface area (Å²) in [7, 11) is 0. The lowest BCUT2D eigenvalue weighted by Crippen LogP contribution is -2.19. The van der Waals surface area contributed by atoms with E-state index in [-0.39, 0.29) is 6.10 Å². The fraction of sp³-hybridized carbons (Fsp3) is 0.538. The van der Waals surface area contributed by atoms with E-state index in [0.29, 0.717) is 37.9 Å². The van der Waals surface area contributed by atoms with Gasteiger partial charge in [-0.05, 0) is 26.0 Å². The van der Waals surface area contributed by atoms with Crippen LogP contribution in [0.3, 0.4) is 0 Å². The Morgan fingerprint density at radius 3 is 2.71 bits per heavy atom. The third-order valence-corrected chi connectivity index (χ3v) is 2.22. The third-order valence-electron chi connectivity index (χ3n) is 2.22. The standard InChI is InChI=1S/C13H21NO3/c1-3-15-10-11(2)16-8-9-17-13-7-5-4-6-12(13)14/h4-7,11H,3,8-10,14H2,1-2H3. The topological polar surface area (TPSA) is 53.7 Å². The Hall–Kier alpha value is -1.26. The predicted molar refractivity (Wildman–Crippen MR) is 68.3 cm³/mol. The molecule has 17 heavy (non-hydrogen) atoms. The summed E-state index contributed by atoms with van der Waals surface area (Å²) in [4.78, 5) is 0. The maximum atomic E-state index is 5.74. The molecule has 0 aromatic heterocycles. The van der Waals surface area contributed by atoms with Crippen molar-refractivity contribution in [2.75, 3.05) is 32.2 Å². The Morgan fingerprint density at radius 1 is 1.24 bits per heavy atom. The van der Waals surface area contributed by atoms with Crippen LogP contribution in [0.25, 0.3) is 0 Å². The van der Waals surface area contributed by atoms with Crippen LogP contribution in [-0.4, -0.2) is 32.5 Å². The smallest absolute Gasteiger partial charge is 0.142 e. The molecule has 0 saturated heterocycles. The second kappa shape index (κ2) is 7.92. The monoisotopic (exact) mass is 239 g/mol. The van der Waals surface area contributed by atoms with E-state index in [0.717, 1.165) is 0 Å². The van der Waals surface area contributed by atoms with Crippen LogP contribution in [0.2, 0.25) is 0 Å². The Kier molecular flexibility index (Phi) is 6.43. The van der Waals surface area contributed by atoms with E-state index >= 15 is 0 Å². The molecular weight excluding hydrogens is 218 g/mol. The van der Waals surface area contributed by atoms with Crippen molar-refractivity contribution in [3.8, 4) is 5.75 Å². The number of hydrogen-bond donors (Lipinski definition) is 1. The Bertz CT molecular complexity index is 317. The molecule has 0 spiro atoms. The van der Waals surface area contributed by atoms with Gasteiger partial charge in [-0.3, -0.25) is 0 Å². The molecule has 4 heteroatoms. The summed E-state index contributed by atoms with van der Waals surface area (Å²) in [5.41, 5.74) is 6.39. The normalized spacial score (nSPS) is 12.4. The number of nitrogen functional groups attached to an aromatic ring is 1. The van der Waals surface area contributed by atoms with Crippen LogP contribution in [0.4, 0.5) is 5.69 Å². The minimum absolute atomic E-state index is 0.0895. The molecule has 0 aliphatic heterocycles. The summed E-state index contributed by atoms with van der Waals surface area (Å²) in [6.07, 6.45) is 0.0895. The van der Waals surface area contributed by atoms with Gasteiger partial charge in [-0.1, -0.05) is 12.1 Å². The molecule has 96 valence electrons. The first kappa shape index (κ1) is 13.8. The maximum Gasteiger partial charge on any atom is 0.142 e. The average molecular weight is 239 g/mol. The molecule has 1 aromatic rings. The highest BCUT2D eigenvalue weighted by molar-refractivity contribution is 5.51. The number of ether oxygens (including phenoxy) is 3. The molecule has 1 unspecified atom stereocenters. The van der Waals surface area contributed by atoms with E-state index in [2.05, 4.69) is 0 Å². The summed E-state index contributed by atoms with van der Waals surface area (Å²) >= 11 is 0. The number of benzene rings is 1. The molecule has 1 rings (SSSR count). The summed E-state index contributed by atoms with van der Waals surface area (Å²) < 4.78 is 16.3. The van der Waals surface area contributed by atoms with Crippen molar-refractivity contribution < 1.29 is 14.2 Å². The van der Waals surface area contributed by atoms with Crippen LogP contribution in [0.1, 0.15) is 13.8 Å². The Labute approximate surface area is 103 Å². The first-order valence-electron chi connectivity index (χ1n) is 5.90. The zero-order valence-corrected chi connectivity index (χ0v) is 10.5. The number of hydrogen-bond acceptors (Lipinski definition) is 4. The van der Waals surface area contributed by atoms with Gasteiger partial charge in [0.15, 0.2) is 0 Å². The molecule has 0 aliphatic rings. The molecule has 0 saturated carbocycles. The van der Waals surface area contributed by atoms with Crippen molar-refractivity contribution in [3.05, 3.63) is 24.3 Å². The van der Waals surface area contributed by atoms with Gasteiger partial charge in [-0.25, -0.2) is 0 Å². The molecule has 2 N–H and O–H groups in total. The summed E-state index contributed by atoms with van der Waals surface area (Å²) in [6, 6.07) is 7.43. The van der Waals surface area contributed by atoms with Crippen LogP contribution >= 0.6 is 0 Å². The quantitative estimate of drug-likeness (QED) is 0.557.